The maximum atomic E-state index is 11.8. The standard InChI is InChI=1S/C14H17BrO3/c1-4-10-6-7-11(14(17)18-5-2)12(8-10)13(15)9(3)16/h6-8,13H,4-5H2,1-3H3. The van der Waals surface area contributed by atoms with Crippen LogP contribution in [0.25, 0.3) is 0 Å². The van der Waals surface area contributed by atoms with Crippen LogP contribution >= 0.6 is 15.9 Å². The molecule has 0 aliphatic carbocycles. The number of halogens is 1. The van der Waals surface area contributed by atoms with Crippen LogP contribution in [0.3, 0.4) is 0 Å². The summed E-state index contributed by atoms with van der Waals surface area (Å²) in [5.41, 5.74) is 2.22. The van der Waals surface area contributed by atoms with Crippen molar-refractivity contribution in [2.45, 2.75) is 32.0 Å². The predicted octanol–water partition coefficient (Wildman–Crippen LogP) is 3.45. The SMILES string of the molecule is CCOC(=O)c1ccc(CC)cc1C(Br)C(C)=O. The third kappa shape index (κ3) is 3.42. The van der Waals surface area contributed by atoms with Gasteiger partial charge in [0.05, 0.1) is 17.0 Å². The van der Waals surface area contributed by atoms with Crippen molar-refractivity contribution >= 4 is 27.7 Å². The van der Waals surface area contributed by atoms with Crippen LogP contribution < -0.4 is 0 Å². The zero-order valence-corrected chi connectivity index (χ0v) is 12.4. The minimum atomic E-state index is -0.469. The molecule has 0 amide bonds. The number of carbonyl (C=O) groups excluding carboxylic acids is 2. The summed E-state index contributed by atoms with van der Waals surface area (Å²) in [7, 11) is 0. The first-order valence-corrected chi connectivity index (χ1v) is 6.87. The van der Waals surface area contributed by atoms with Crippen molar-refractivity contribution in [3.8, 4) is 0 Å². The molecule has 3 nitrogen and oxygen atoms in total. The number of Topliss-reactive ketones (excluding diaryl/α,β-unsaturated/α-hetero) is 1. The molecule has 1 atom stereocenters. The highest BCUT2D eigenvalue weighted by Crippen LogP contribution is 2.28. The number of hydrogen-bond acceptors (Lipinski definition) is 3. The molecule has 0 N–H and O–H groups in total. The summed E-state index contributed by atoms with van der Waals surface area (Å²) >= 11 is 3.33. The average molecular weight is 313 g/mol. The fourth-order valence-corrected chi connectivity index (χ4v) is 2.03. The van der Waals surface area contributed by atoms with Crippen molar-refractivity contribution < 1.29 is 14.3 Å². The number of esters is 1. The topological polar surface area (TPSA) is 43.4 Å². The molecule has 0 fully saturated rings. The molecule has 0 saturated carbocycles. The first-order chi connectivity index (χ1) is 8.51. The van der Waals surface area contributed by atoms with Gasteiger partial charge in [-0.3, -0.25) is 4.79 Å². The lowest BCUT2D eigenvalue weighted by Crippen LogP contribution is -2.12. The minimum Gasteiger partial charge on any atom is -0.462 e. The summed E-state index contributed by atoms with van der Waals surface area (Å²) in [4.78, 5) is 22.8. The van der Waals surface area contributed by atoms with Crippen molar-refractivity contribution in [2.75, 3.05) is 6.61 Å². The molecule has 18 heavy (non-hydrogen) atoms. The van der Waals surface area contributed by atoms with E-state index >= 15 is 0 Å². The van der Waals surface area contributed by atoms with Gasteiger partial charge < -0.3 is 4.74 Å². The predicted molar refractivity (Wildman–Crippen MR) is 74.1 cm³/mol. The summed E-state index contributed by atoms with van der Waals surface area (Å²) in [5, 5.41) is 0. The lowest BCUT2D eigenvalue weighted by atomic mass is 9.98. The smallest absolute Gasteiger partial charge is 0.338 e. The Labute approximate surface area is 116 Å². The second-order valence-corrected chi connectivity index (χ2v) is 4.88. The number of carbonyl (C=O) groups is 2. The molecule has 98 valence electrons. The van der Waals surface area contributed by atoms with Gasteiger partial charge in [0.2, 0.25) is 0 Å². The van der Waals surface area contributed by atoms with Gasteiger partial charge in [0.1, 0.15) is 5.78 Å². The van der Waals surface area contributed by atoms with E-state index in [1.54, 1.807) is 13.0 Å². The Balaban J connectivity index is 3.24. The maximum Gasteiger partial charge on any atom is 0.338 e. The van der Waals surface area contributed by atoms with Crippen molar-refractivity contribution in [3.05, 3.63) is 34.9 Å². The van der Waals surface area contributed by atoms with E-state index in [1.165, 1.54) is 6.92 Å². The number of ether oxygens (including phenoxy) is 1. The molecular weight excluding hydrogens is 296 g/mol. The fourth-order valence-electron chi connectivity index (χ4n) is 1.66. The average Bonchev–Trinajstić information content (AvgIpc) is 2.37. The number of aryl methyl sites for hydroxylation is 1. The molecule has 0 heterocycles. The summed E-state index contributed by atoms with van der Waals surface area (Å²) in [6, 6.07) is 5.49. The van der Waals surface area contributed by atoms with Gasteiger partial charge in [-0.25, -0.2) is 4.79 Å². The summed E-state index contributed by atoms with van der Waals surface area (Å²) < 4.78 is 5.00. The second kappa shape index (κ2) is 6.69. The van der Waals surface area contributed by atoms with Crippen LogP contribution in [-0.4, -0.2) is 18.4 Å². The van der Waals surface area contributed by atoms with Crippen LogP contribution in [0, 0.1) is 0 Å². The number of ketones is 1. The number of benzene rings is 1. The quantitative estimate of drug-likeness (QED) is 0.618. The zero-order valence-electron chi connectivity index (χ0n) is 10.8. The zero-order chi connectivity index (χ0) is 13.7. The first kappa shape index (κ1) is 14.9. The molecular formula is C14H17BrO3. The first-order valence-electron chi connectivity index (χ1n) is 5.95. The van der Waals surface area contributed by atoms with Gasteiger partial charge in [-0.15, -0.1) is 0 Å². The molecule has 1 unspecified atom stereocenters. The number of rotatable bonds is 5. The van der Waals surface area contributed by atoms with Gasteiger partial charge in [-0.1, -0.05) is 35.0 Å². The van der Waals surface area contributed by atoms with Crippen LogP contribution in [0.4, 0.5) is 0 Å². The minimum absolute atomic E-state index is 0.0335. The highest BCUT2D eigenvalue weighted by atomic mass is 79.9. The van der Waals surface area contributed by atoms with Crippen LogP contribution in [0.2, 0.25) is 0 Å². The number of alkyl halides is 1. The van der Waals surface area contributed by atoms with Crippen molar-refractivity contribution in [1.29, 1.82) is 0 Å². The van der Waals surface area contributed by atoms with E-state index < -0.39 is 4.83 Å². The summed E-state index contributed by atoms with van der Waals surface area (Å²) in [5.74, 6) is -0.422. The fraction of sp³-hybridized carbons (Fsp3) is 0.429. The van der Waals surface area contributed by atoms with Gasteiger partial charge in [-0.2, -0.15) is 0 Å². The normalized spacial score (nSPS) is 12.0. The summed E-state index contributed by atoms with van der Waals surface area (Å²) in [6.07, 6.45) is 0.855. The Morgan fingerprint density at radius 2 is 2.00 bits per heavy atom. The van der Waals surface area contributed by atoms with Gasteiger partial charge >= 0.3 is 5.97 Å². The van der Waals surface area contributed by atoms with Gasteiger partial charge in [0, 0.05) is 0 Å². The Hall–Kier alpha value is -1.16. The molecule has 0 saturated heterocycles. The van der Waals surface area contributed by atoms with E-state index in [9.17, 15) is 9.59 Å². The summed E-state index contributed by atoms with van der Waals surface area (Å²) in [6.45, 7) is 5.60. The Kier molecular flexibility index (Phi) is 5.54. The molecule has 1 rings (SSSR count). The van der Waals surface area contributed by atoms with E-state index in [-0.39, 0.29) is 11.8 Å². The lowest BCUT2D eigenvalue weighted by molar-refractivity contribution is -0.116. The van der Waals surface area contributed by atoms with Crippen LogP contribution in [0.15, 0.2) is 18.2 Å². The second-order valence-electron chi connectivity index (χ2n) is 3.97. The molecule has 1 aromatic carbocycles. The molecule has 0 bridgehead atoms. The van der Waals surface area contributed by atoms with E-state index in [2.05, 4.69) is 15.9 Å². The van der Waals surface area contributed by atoms with Gasteiger partial charge in [-0.05, 0) is 37.5 Å². The van der Waals surface area contributed by atoms with Gasteiger partial charge in [0.15, 0.2) is 0 Å². The highest BCUT2D eigenvalue weighted by molar-refractivity contribution is 9.09. The van der Waals surface area contributed by atoms with E-state index in [1.807, 2.05) is 19.1 Å². The van der Waals surface area contributed by atoms with Crippen molar-refractivity contribution in [3.63, 3.8) is 0 Å². The largest absolute Gasteiger partial charge is 0.462 e. The van der Waals surface area contributed by atoms with Crippen molar-refractivity contribution in [2.24, 2.45) is 0 Å². The Morgan fingerprint density at radius 3 is 2.50 bits per heavy atom. The number of hydrogen-bond donors (Lipinski definition) is 0. The van der Waals surface area contributed by atoms with Crippen molar-refractivity contribution in [1.82, 2.24) is 0 Å². The Morgan fingerprint density at radius 1 is 1.33 bits per heavy atom. The van der Waals surface area contributed by atoms with Crippen LogP contribution in [-0.2, 0) is 16.0 Å². The molecule has 0 radical (unpaired) electrons. The maximum absolute atomic E-state index is 11.8. The molecule has 4 heteroatoms. The Bertz CT molecular complexity index is 454. The molecule has 0 aliphatic heterocycles. The van der Waals surface area contributed by atoms with E-state index in [0.717, 1.165) is 12.0 Å². The van der Waals surface area contributed by atoms with Crippen LogP contribution in [0.1, 0.15) is 47.1 Å². The molecule has 0 spiro atoms. The van der Waals surface area contributed by atoms with Crippen LogP contribution in [0.5, 0.6) is 0 Å². The highest BCUT2D eigenvalue weighted by Gasteiger charge is 2.21. The third-order valence-electron chi connectivity index (χ3n) is 2.65. The van der Waals surface area contributed by atoms with E-state index in [0.29, 0.717) is 17.7 Å². The molecule has 0 aromatic heterocycles. The van der Waals surface area contributed by atoms with E-state index in [4.69, 9.17) is 4.74 Å². The molecule has 1 aromatic rings. The lowest BCUT2D eigenvalue weighted by Gasteiger charge is -2.13. The third-order valence-corrected chi connectivity index (χ3v) is 3.79. The monoisotopic (exact) mass is 312 g/mol. The van der Waals surface area contributed by atoms with Gasteiger partial charge in [0.25, 0.3) is 0 Å². The molecule has 0 aliphatic rings.